The summed E-state index contributed by atoms with van der Waals surface area (Å²) in [5, 5.41) is 0. The predicted molar refractivity (Wildman–Crippen MR) is 83.5 cm³/mol. The molecule has 1 atom stereocenters. The van der Waals surface area contributed by atoms with E-state index in [1.807, 2.05) is 24.3 Å². The Morgan fingerprint density at radius 1 is 1.24 bits per heavy atom. The predicted octanol–water partition coefficient (Wildman–Crippen LogP) is 2.78. The number of hydrogen-bond acceptors (Lipinski definition) is 3. The third kappa shape index (κ3) is 2.81. The smallest absolute Gasteiger partial charge is 0.118 e. The third-order valence-corrected chi connectivity index (χ3v) is 4.35. The fraction of sp³-hybridized carbons (Fsp3) is 0.471. The minimum Gasteiger partial charge on any atom is -0.497 e. The quantitative estimate of drug-likeness (QED) is 0.939. The van der Waals surface area contributed by atoms with Gasteiger partial charge >= 0.3 is 0 Å². The summed E-state index contributed by atoms with van der Waals surface area (Å²) in [7, 11) is 1.68. The molecule has 0 aliphatic heterocycles. The monoisotopic (exact) mass is 285 g/mol. The van der Waals surface area contributed by atoms with Gasteiger partial charge in [0.1, 0.15) is 11.6 Å². The Hall–Kier alpha value is -1.81. The molecule has 4 nitrogen and oxygen atoms in total. The van der Waals surface area contributed by atoms with Crippen molar-refractivity contribution in [3.63, 3.8) is 0 Å². The Kier molecular flexibility index (Phi) is 3.97. The summed E-state index contributed by atoms with van der Waals surface area (Å²) in [5.41, 5.74) is 10.2. The van der Waals surface area contributed by atoms with Gasteiger partial charge in [-0.1, -0.05) is 12.1 Å². The first-order valence-corrected chi connectivity index (χ1v) is 7.63. The van der Waals surface area contributed by atoms with Crippen molar-refractivity contribution >= 4 is 0 Å². The van der Waals surface area contributed by atoms with E-state index in [1.165, 1.54) is 24.2 Å². The molecule has 0 radical (unpaired) electrons. The van der Waals surface area contributed by atoms with Crippen LogP contribution in [0.2, 0.25) is 0 Å². The summed E-state index contributed by atoms with van der Waals surface area (Å²) in [4.78, 5) is 4.71. The van der Waals surface area contributed by atoms with Gasteiger partial charge in [-0.25, -0.2) is 4.98 Å². The second-order valence-corrected chi connectivity index (χ2v) is 5.75. The van der Waals surface area contributed by atoms with E-state index in [9.17, 15) is 0 Å². The average Bonchev–Trinajstić information content (AvgIpc) is 2.83. The van der Waals surface area contributed by atoms with Crippen LogP contribution in [0, 0.1) is 6.92 Å². The van der Waals surface area contributed by atoms with Crippen LogP contribution in [-0.4, -0.2) is 16.7 Å². The van der Waals surface area contributed by atoms with Gasteiger partial charge in [0.2, 0.25) is 0 Å². The van der Waals surface area contributed by atoms with E-state index in [4.69, 9.17) is 15.5 Å². The van der Waals surface area contributed by atoms with Crippen LogP contribution in [0.5, 0.6) is 5.75 Å². The number of hydrogen-bond donors (Lipinski definition) is 1. The lowest BCUT2D eigenvalue weighted by Gasteiger charge is -2.19. The number of nitrogens with zero attached hydrogens (tertiary/aromatic N) is 2. The van der Waals surface area contributed by atoms with Crippen LogP contribution < -0.4 is 10.5 Å². The van der Waals surface area contributed by atoms with Gasteiger partial charge in [0.25, 0.3) is 0 Å². The van der Waals surface area contributed by atoms with Crippen molar-refractivity contribution in [3.8, 4) is 5.75 Å². The number of aromatic nitrogens is 2. The maximum atomic E-state index is 6.39. The highest BCUT2D eigenvalue weighted by atomic mass is 16.5. The molecule has 112 valence electrons. The first-order valence-electron chi connectivity index (χ1n) is 7.63. The molecular formula is C17H23N3O. The van der Waals surface area contributed by atoms with Gasteiger partial charge in [-0.2, -0.15) is 0 Å². The number of aryl methyl sites for hydroxylation is 2. The summed E-state index contributed by atoms with van der Waals surface area (Å²) < 4.78 is 7.50. The molecule has 1 aromatic heterocycles. The molecular weight excluding hydrogens is 262 g/mol. The number of nitrogens with two attached hydrogens (primary N) is 1. The fourth-order valence-corrected chi connectivity index (χ4v) is 3.13. The summed E-state index contributed by atoms with van der Waals surface area (Å²) in [5.74, 6) is 1.95. The summed E-state index contributed by atoms with van der Waals surface area (Å²) >= 11 is 0. The van der Waals surface area contributed by atoms with Crippen LogP contribution in [0.25, 0.3) is 0 Å². The van der Waals surface area contributed by atoms with Crippen molar-refractivity contribution in [3.05, 3.63) is 47.0 Å². The van der Waals surface area contributed by atoms with Crippen molar-refractivity contribution < 1.29 is 4.74 Å². The van der Waals surface area contributed by atoms with E-state index in [1.54, 1.807) is 7.11 Å². The average molecular weight is 285 g/mol. The molecule has 0 saturated carbocycles. The third-order valence-electron chi connectivity index (χ3n) is 4.35. The lowest BCUT2D eigenvalue weighted by molar-refractivity contribution is 0.414. The van der Waals surface area contributed by atoms with Crippen molar-refractivity contribution in [2.75, 3.05) is 7.11 Å². The Morgan fingerprint density at radius 3 is 2.67 bits per heavy atom. The maximum Gasteiger partial charge on any atom is 0.118 e. The van der Waals surface area contributed by atoms with E-state index in [0.717, 1.165) is 36.5 Å². The van der Waals surface area contributed by atoms with Crippen molar-refractivity contribution in [1.29, 1.82) is 0 Å². The van der Waals surface area contributed by atoms with Gasteiger partial charge in [-0.05, 0) is 50.3 Å². The molecule has 1 aromatic carbocycles. The highest BCUT2D eigenvalue weighted by Crippen LogP contribution is 2.24. The van der Waals surface area contributed by atoms with Crippen LogP contribution in [0.3, 0.4) is 0 Å². The molecule has 0 spiro atoms. The van der Waals surface area contributed by atoms with E-state index in [-0.39, 0.29) is 6.04 Å². The highest BCUT2D eigenvalue weighted by molar-refractivity contribution is 5.29. The Labute approximate surface area is 125 Å². The van der Waals surface area contributed by atoms with Crippen LogP contribution in [0.1, 0.15) is 41.7 Å². The Balaban J connectivity index is 1.80. The zero-order valence-corrected chi connectivity index (χ0v) is 12.8. The van der Waals surface area contributed by atoms with Crippen LogP contribution in [0.4, 0.5) is 0 Å². The minimum atomic E-state index is -0.0187. The fourth-order valence-electron chi connectivity index (χ4n) is 3.13. The maximum absolute atomic E-state index is 6.39. The molecule has 21 heavy (non-hydrogen) atoms. The van der Waals surface area contributed by atoms with Gasteiger partial charge in [0.05, 0.1) is 12.8 Å². The molecule has 0 saturated heterocycles. The molecule has 1 unspecified atom stereocenters. The summed E-state index contributed by atoms with van der Waals surface area (Å²) in [6, 6.07) is 8.00. The van der Waals surface area contributed by atoms with Gasteiger partial charge < -0.3 is 15.0 Å². The van der Waals surface area contributed by atoms with E-state index >= 15 is 0 Å². The molecule has 2 aromatic rings. The summed E-state index contributed by atoms with van der Waals surface area (Å²) in [6.45, 7) is 2.87. The number of fused-ring (bicyclic) bond motifs is 1. The molecule has 1 heterocycles. The van der Waals surface area contributed by atoms with Crippen molar-refractivity contribution in [2.24, 2.45) is 5.73 Å². The van der Waals surface area contributed by atoms with Gasteiger partial charge in [0.15, 0.2) is 0 Å². The molecule has 0 fully saturated rings. The van der Waals surface area contributed by atoms with E-state index in [0.29, 0.717) is 0 Å². The zero-order valence-electron chi connectivity index (χ0n) is 12.8. The molecule has 0 amide bonds. The topological polar surface area (TPSA) is 53.1 Å². The number of ether oxygens (including phenoxy) is 1. The van der Waals surface area contributed by atoms with Crippen LogP contribution >= 0.6 is 0 Å². The number of methoxy groups -OCH3 is 1. The number of rotatable bonds is 4. The van der Waals surface area contributed by atoms with Crippen LogP contribution in [-0.2, 0) is 19.4 Å². The highest BCUT2D eigenvalue weighted by Gasteiger charge is 2.19. The Morgan fingerprint density at radius 2 is 1.95 bits per heavy atom. The first kappa shape index (κ1) is 14.1. The van der Waals surface area contributed by atoms with Crippen molar-refractivity contribution in [1.82, 2.24) is 9.55 Å². The van der Waals surface area contributed by atoms with Gasteiger partial charge in [-0.15, -0.1) is 0 Å². The number of benzene rings is 1. The standard InChI is InChI=1S/C17H23N3O/c1-12-19-16-5-3-4-6-17(16)20(12)11-15(18)13-7-9-14(21-2)10-8-13/h7-10,15H,3-6,11,18H2,1-2H3. The normalized spacial score (nSPS) is 15.6. The summed E-state index contributed by atoms with van der Waals surface area (Å²) in [6.07, 6.45) is 4.76. The Bertz CT molecular complexity index is 616. The van der Waals surface area contributed by atoms with Gasteiger partial charge in [0, 0.05) is 18.3 Å². The van der Waals surface area contributed by atoms with E-state index in [2.05, 4.69) is 11.5 Å². The molecule has 1 aliphatic carbocycles. The lowest BCUT2D eigenvalue weighted by atomic mass is 10.0. The molecule has 1 aliphatic rings. The largest absolute Gasteiger partial charge is 0.497 e. The SMILES string of the molecule is COc1ccc(C(N)Cn2c(C)nc3c2CCCC3)cc1. The minimum absolute atomic E-state index is 0.0187. The number of imidazole rings is 1. The molecule has 4 heteroatoms. The second-order valence-electron chi connectivity index (χ2n) is 5.75. The molecule has 2 N–H and O–H groups in total. The molecule has 3 rings (SSSR count). The second kappa shape index (κ2) is 5.90. The first-order chi connectivity index (χ1) is 10.2. The van der Waals surface area contributed by atoms with Crippen LogP contribution in [0.15, 0.2) is 24.3 Å². The molecule has 0 bridgehead atoms. The zero-order chi connectivity index (χ0) is 14.8. The van der Waals surface area contributed by atoms with Gasteiger partial charge in [-0.3, -0.25) is 0 Å². The van der Waals surface area contributed by atoms with Crippen molar-refractivity contribution in [2.45, 2.75) is 45.2 Å². The lowest BCUT2D eigenvalue weighted by Crippen LogP contribution is -2.20. The van der Waals surface area contributed by atoms with E-state index < -0.39 is 0 Å².